The lowest BCUT2D eigenvalue weighted by atomic mass is 10.1. The average molecular weight is 262 g/mol. The van der Waals surface area contributed by atoms with E-state index in [1.165, 1.54) is 4.80 Å². The van der Waals surface area contributed by atoms with Crippen LogP contribution >= 0.6 is 15.9 Å². The molecule has 0 radical (unpaired) electrons. The van der Waals surface area contributed by atoms with E-state index in [9.17, 15) is 0 Å². The molecular weight excluding hydrogens is 246 g/mol. The van der Waals surface area contributed by atoms with Gasteiger partial charge in [-0.15, -0.1) is 10.2 Å². The molecule has 0 amide bonds. The van der Waals surface area contributed by atoms with Crippen molar-refractivity contribution in [3.05, 3.63) is 5.82 Å². The van der Waals surface area contributed by atoms with Crippen LogP contribution in [-0.4, -0.2) is 31.6 Å². The summed E-state index contributed by atoms with van der Waals surface area (Å²) in [6.45, 7) is 5.02. The zero-order valence-corrected chi connectivity index (χ0v) is 10.3. The zero-order valence-electron chi connectivity index (χ0n) is 8.74. The maximum absolute atomic E-state index is 4.09. The molecule has 1 aromatic heterocycles. The molecule has 0 spiro atoms. The van der Waals surface area contributed by atoms with Gasteiger partial charge in [-0.05, 0) is 18.1 Å². The maximum Gasteiger partial charge on any atom is 0.188 e. The number of halogens is 1. The van der Waals surface area contributed by atoms with Crippen LogP contribution in [0, 0.1) is 5.92 Å². The van der Waals surface area contributed by atoms with Gasteiger partial charge in [-0.25, -0.2) is 0 Å². The van der Waals surface area contributed by atoms with Crippen molar-refractivity contribution in [1.29, 1.82) is 0 Å². The minimum absolute atomic E-state index is 0.443. The van der Waals surface area contributed by atoms with E-state index in [0.717, 1.165) is 11.2 Å². The van der Waals surface area contributed by atoms with Crippen molar-refractivity contribution in [1.82, 2.24) is 25.5 Å². The second kappa shape index (κ2) is 5.41. The Morgan fingerprint density at radius 3 is 2.71 bits per heavy atom. The second-order valence-electron chi connectivity index (χ2n) is 3.50. The van der Waals surface area contributed by atoms with Gasteiger partial charge in [0.2, 0.25) is 0 Å². The number of rotatable bonds is 5. The summed E-state index contributed by atoms with van der Waals surface area (Å²) < 4.78 is 0. The number of alkyl halides is 1. The molecule has 5 nitrogen and oxygen atoms in total. The van der Waals surface area contributed by atoms with Gasteiger partial charge in [0.15, 0.2) is 5.82 Å². The van der Waals surface area contributed by atoms with Crippen LogP contribution in [0.5, 0.6) is 0 Å². The highest BCUT2D eigenvalue weighted by molar-refractivity contribution is 9.09. The summed E-state index contributed by atoms with van der Waals surface area (Å²) in [5.41, 5.74) is 0. The van der Waals surface area contributed by atoms with Crippen molar-refractivity contribution >= 4 is 15.9 Å². The van der Waals surface area contributed by atoms with Gasteiger partial charge in [0.05, 0.1) is 13.6 Å². The molecule has 0 aliphatic rings. The summed E-state index contributed by atoms with van der Waals surface area (Å²) in [5, 5.41) is 16.1. The lowest BCUT2D eigenvalue weighted by Gasteiger charge is -2.17. The van der Waals surface area contributed by atoms with Gasteiger partial charge >= 0.3 is 0 Å². The minimum Gasteiger partial charge on any atom is -0.307 e. The van der Waals surface area contributed by atoms with Crippen molar-refractivity contribution in [3.63, 3.8) is 0 Å². The number of nitrogens with one attached hydrogen (secondary N) is 1. The quantitative estimate of drug-likeness (QED) is 0.794. The molecule has 0 aromatic carbocycles. The van der Waals surface area contributed by atoms with E-state index < -0.39 is 0 Å². The van der Waals surface area contributed by atoms with E-state index in [1.807, 2.05) is 0 Å². The fourth-order valence-corrected chi connectivity index (χ4v) is 1.54. The molecule has 1 N–H and O–H groups in total. The predicted molar refractivity (Wildman–Crippen MR) is 58.1 cm³/mol. The third-order valence-corrected chi connectivity index (χ3v) is 3.25. The largest absolute Gasteiger partial charge is 0.307 e. The highest BCUT2D eigenvalue weighted by atomic mass is 79.9. The first kappa shape index (κ1) is 11.6. The van der Waals surface area contributed by atoms with E-state index in [-0.39, 0.29) is 0 Å². The first-order valence-corrected chi connectivity index (χ1v) is 5.78. The summed E-state index contributed by atoms with van der Waals surface area (Å²) in [4.78, 5) is 1.47. The topological polar surface area (TPSA) is 55.6 Å². The maximum atomic E-state index is 4.09. The van der Waals surface area contributed by atoms with Crippen LogP contribution in [0.25, 0.3) is 0 Å². The zero-order chi connectivity index (χ0) is 10.6. The Morgan fingerprint density at radius 1 is 1.50 bits per heavy atom. The smallest absolute Gasteiger partial charge is 0.188 e. The van der Waals surface area contributed by atoms with E-state index in [1.54, 1.807) is 7.05 Å². The molecule has 6 heteroatoms. The summed E-state index contributed by atoms with van der Waals surface area (Å²) in [6, 6.07) is 0.443. The SMILES string of the molecule is CC(CBr)C(C)NCc1nnn(C)n1. The fourth-order valence-electron chi connectivity index (χ4n) is 0.981. The first-order chi connectivity index (χ1) is 6.63. The minimum atomic E-state index is 0.443. The number of nitrogens with zero attached hydrogens (tertiary/aromatic N) is 4. The molecule has 2 unspecified atom stereocenters. The van der Waals surface area contributed by atoms with Gasteiger partial charge in [0, 0.05) is 11.4 Å². The van der Waals surface area contributed by atoms with Crippen molar-refractivity contribution in [2.45, 2.75) is 26.4 Å². The molecule has 1 rings (SSSR count). The lowest BCUT2D eigenvalue weighted by molar-refractivity contribution is 0.427. The molecule has 0 saturated carbocycles. The van der Waals surface area contributed by atoms with E-state index in [0.29, 0.717) is 18.5 Å². The summed E-state index contributed by atoms with van der Waals surface area (Å²) in [7, 11) is 1.76. The molecule has 14 heavy (non-hydrogen) atoms. The van der Waals surface area contributed by atoms with Gasteiger partial charge in [-0.3, -0.25) is 0 Å². The molecule has 0 aliphatic carbocycles. The standard InChI is InChI=1S/C8H16BrN5/c1-6(4-9)7(2)10-5-8-11-13-14(3)12-8/h6-7,10H,4-5H2,1-3H3. The highest BCUT2D eigenvalue weighted by Gasteiger charge is 2.10. The Morgan fingerprint density at radius 2 is 2.21 bits per heavy atom. The molecule has 2 atom stereocenters. The van der Waals surface area contributed by atoms with Crippen LogP contribution in [-0.2, 0) is 13.6 Å². The molecule has 1 heterocycles. The predicted octanol–water partition coefficient (Wildman–Crippen LogP) is 0.719. The van der Waals surface area contributed by atoms with Crippen molar-refractivity contribution in [3.8, 4) is 0 Å². The second-order valence-corrected chi connectivity index (χ2v) is 4.14. The van der Waals surface area contributed by atoms with Gasteiger partial charge in [0.25, 0.3) is 0 Å². The molecule has 80 valence electrons. The number of hydrogen-bond donors (Lipinski definition) is 1. The number of aryl methyl sites for hydroxylation is 1. The van der Waals surface area contributed by atoms with Crippen LogP contribution in [0.3, 0.4) is 0 Å². The Balaban J connectivity index is 2.33. The van der Waals surface area contributed by atoms with Crippen LogP contribution in [0.15, 0.2) is 0 Å². The third kappa shape index (κ3) is 3.34. The van der Waals surface area contributed by atoms with Crippen LogP contribution in [0.4, 0.5) is 0 Å². The van der Waals surface area contributed by atoms with Gasteiger partial charge in [-0.1, -0.05) is 22.9 Å². The lowest BCUT2D eigenvalue weighted by Crippen LogP contribution is -2.32. The number of hydrogen-bond acceptors (Lipinski definition) is 4. The van der Waals surface area contributed by atoms with E-state index >= 15 is 0 Å². The molecule has 0 bridgehead atoms. The van der Waals surface area contributed by atoms with E-state index in [4.69, 9.17) is 0 Å². The number of tetrazole rings is 1. The summed E-state index contributed by atoms with van der Waals surface area (Å²) in [5.74, 6) is 1.33. The fraction of sp³-hybridized carbons (Fsp3) is 0.875. The Kier molecular flexibility index (Phi) is 4.47. The van der Waals surface area contributed by atoms with Crippen molar-refractivity contribution in [2.75, 3.05) is 5.33 Å². The Labute approximate surface area is 92.4 Å². The van der Waals surface area contributed by atoms with Gasteiger partial charge in [-0.2, -0.15) is 4.80 Å². The van der Waals surface area contributed by atoms with Crippen molar-refractivity contribution in [2.24, 2.45) is 13.0 Å². The molecule has 0 fully saturated rings. The number of aromatic nitrogens is 4. The highest BCUT2D eigenvalue weighted by Crippen LogP contribution is 2.05. The monoisotopic (exact) mass is 261 g/mol. The van der Waals surface area contributed by atoms with Crippen LogP contribution in [0.2, 0.25) is 0 Å². The molecular formula is C8H16BrN5. The first-order valence-electron chi connectivity index (χ1n) is 4.65. The van der Waals surface area contributed by atoms with E-state index in [2.05, 4.69) is 50.5 Å². The Hall–Kier alpha value is -0.490. The summed E-state index contributed by atoms with van der Waals surface area (Å²) >= 11 is 3.46. The van der Waals surface area contributed by atoms with Crippen molar-refractivity contribution < 1.29 is 0 Å². The van der Waals surface area contributed by atoms with Gasteiger partial charge in [0.1, 0.15) is 0 Å². The average Bonchev–Trinajstić information content (AvgIpc) is 2.59. The van der Waals surface area contributed by atoms with Gasteiger partial charge < -0.3 is 5.32 Å². The molecule has 1 aromatic rings. The third-order valence-electron chi connectivity index (χ3n) is 2.23. The molecule has 0 saturated heterocycles. The van der Waals surface area contributed by atoms with Crippen LogP contribution in [0.1, 0.15) is 19.7 Å². The summed E-state index contributed by atoms with van der Waals surface area (Å²) in [6.07, 6.45) is 0. The van der Waals surface area contributed by atoms with Crippen LogP contribution < -0.4 is 5.32 Å². The Bertz CT molecular complexity index is 274. The normalized spacial score (nSPS) is 15.4. The molecule has 0 aliphatic heterocycles.